The zero-order chi connectivity index (χ0) is 16.8. The van der Waals surface area contributed by atoms with Crippen LogP contribution in [0.1, 0.15) is 63.4 Å². The van der Waals surface area contributed by atoms with Gasteiger partial charge in [-0.25, -0.2) is 0 Å². The maximum absolute atomic E-state index is 10.5. The third-order valence-electron chi connectivity index (χ3n) is 5.62. The Hall–Kier alpha value is -1.60. The van der Waals surface area contributed by atoms with E-state index in [9.17, 15) is 5.11 Å². The minimum absolute atomic E-state index is 0.116. The van der Waals surface area contributed by atoms with Crippen LogP contribution in [0.4, 0.5) is 0 Å². The lowest BCUT2D eigenvalue weighted by molar-refractivity contribution is 0.0548. The summed E-state index contributed by atoms with van der Waals surface area (Å²) in [6, 6.07) is 19.5. The second kappa shape index (κ2) is 8.48. The van der Waals surface area contributed by atoms with Gasteiger partial charge < -0.3 is 5.11 Å². The van der Waals surface area contributed by atoms with Crippen molar-refractivity contribution >= 4 is 0 Å². The Kier molecular flexibility index (Phi) is 6.09. The van der Waals surface area contributed by atoms with Crippen molar-refractivity contribution in [2.45, 2.75) is 63.9 Å². The molecule has 24 heavy (non-hydrogen) atoms. The van der Waals surface area contributed by atoms with Gasteiger partial charge in [-0.2, -0.15) is 0 Å². The van der Waals surface area contributed by atoms with E-state index < -0.39 is 0 Å². The molecule has 2 aromatic carbocycles. The number of benzene rings is 2. The highest BCUT2D eigenvalue weighted by Crippen LogP contribution is 2.38. The van der Waals surface area contributed by atoms with Gasteiger partial charge in [0.15, 0.2) is 0 Å². The predicted octanol–water partition coefficient (Wildman–Crippen LogP) is 6.18. The Bertz CT molecular complexity index is 602. The van der Waals surface area contributed by atoms with Crippen molar-refractivity contribution in [3.8, 4) is 11.1 Å². The Morgan fingerprint density at radius 3 is 2.25 bits per heavy atom. The summed E-state index contributed by atoms with van der Waals surface area (Å²) in [5, 5.41) is 10.5. The highest BCUT2D eigenvalue weighted by atomic mass is 16.3. The third-order valence-corrected chi connectivity index (χ3v) is 5.62. The van der Waals surface area contributed by atoms with E-state index in [1.54, 1.807) is 0 Å². The summed E-state index contributed by atoms with van der Waals surface area (Å²) in [4.78, 5) is 0. The molecule has 1 aliphatic rings. The fourth-order valence-electron chi connectivity index (χ4n) is 4.08. The van der Waals surface area contributed by atoms with Crippen molar-refractivity contribution in [2.75, 3.05) is 0 Å². The maximum Gasteiger partial charge on any atom is 0.0574 e. The largest absolute Gasteiger partial charge is 0.393 e. The monoisotopic (exact) mass is 322 g/mol. The quantitative estimate of drug-likeness (QED) is 0.630. The first kappa shape index (κ1) is 17.2. The van der Waals surface area contributed by atoms with Crippen LogP contribution >= 0.6 is 0 Å². The lowest BCUT2D eigenvalue weighted by Gasteiger charge is -2.33. The van der Waals surface area contributed by atoms with Gasteiger partial charge in [-0.3, -0.25) is 0 Å². The van der Waals surface area contributed by atoms with Crippen LogP contribution in [-0.4, -0.2) is 11.2 Å². The molecule has 1 N–H and O–H groups in total. The molecule has 3 rings (SSSR count). The summed E-state index contributed by atoms with van der Waals surface area (Å²) >= 11 is 0. The van der Waals surface area contributed by atoms with E-state index in [2.05, 4.69) is 61.5 Å². The van der Waals surface area contributed by atoms with E-state index in [0.717, 1.165) is 6.42 Å². The van der Waals surface area contributed by atoms with Gasteiger partial charge in [-0.05, 0) is 54.2 Å². The first-order valence-electron chi connectivity index (χ1n) is 9.61. The van der Waals surface area contributed by atoms with Gasteiger partial charge in [0.1, 0.15) is 0 Å². The molecule has 0 unspecified atom stereocenters. The average Bonchev–Trinajstić information content (AvgIpc) is 2.64. The number of hydrogen-bond donors (Lipinski definition) is 1. The molecule has 0 heterocycles. The fourth-order valence-corrected chi connectivity index (χ4v) is 4.08. The first-order valence-corrected chi connectivity index (χ1v) is 9.61. The molecule has 0 amide bonds. The third kappa shape index (κ3) is 4.27. The van der Waals surface area contributed by atoms with Gasteiger partial charge >= 0.3 is 0 Å². The molecule has 1 nitrogen and oxygen atoms in total. The highest BCUT2D eigenvalue weighted by Gasteiger charge is 2.29. The summed E-state index contributed by atoms with van der Waals surface area (Å²) < 4.78 is 0. The maximum atomic E-state index is 10.5. The molecule has 1 fully saturated rings. The Labute approximate surface area is 146 Å². The van der Waals surface area contributed by atoms with Crippen molar-refractivity contribution in [1.82, 2.24) is 0 Å². The molecule has 0 saturated heterocycles. The van der Waals surface area contributed by atoms with Crippen LogP contribution < -0.4 is 0 Å². The van der Waals surface area contributed by atoms with Gasteiger partial charge in [-0.15, -0.1) is 0 Å². The van der Waals surface area contributed by atoms with Crippen LogP contribution in [0, 0.1) is 5.92 Å². The smallest absolute Gasteiger partial charge is 0.0574 e. The Balaban J connectivity index is 1.60. The SMILES string of the molecule is CCCCC[C@@H]1CC[C@@H](c2ccc(-c3ccccc3)cc2)C[C@@H]1O. The molecule has 0 aliphatic heterocycles. The van der Waals surface area contributed by atoms with Crippen molar-refractivity contribution in [2.24, 2.45) is 5.92 Å². The molecule has 128 valence electrons. The van der Waals surface area contributed by atoms with Crippen molar-refractivity contribution in [3.63, 3.8) is 0 Å². The normalized spacial score (nSPS) is 24.0. The van der Waals surface area contributed by atoms with Crippen LogP contribution in [0.25, 0.3) is 11.1 Å². The van der Waals surface area contributed by atoms with Gasteiger partial charge in [0.25, 0.3) is 0 Å². The summed E-state index contributed by atoms with van der Waals surface area (Å²) in [6.07, 6.45) is 8.25. The average molecular weight is 322 g/mol. The van der Waals surface area contributed by atoms with Crippen LogP contribution in [0.15, 0.2) is 54.6 Å². The van der Waals surface area contributed by atoms with Gasteiger partial charge in [0, 0.05) is 0 Å². The molecule has 3 atom stereocenters. The molecule has 0 bridgehead atoms. The first-order chi connectivity index (χ1) is 11.8. The number of hydrogen-bond acceptors (Lipinski definition) is 1. The fraction of sp³-hybridized carbons (Fsp3) is 0.478. The van der Waals surface area contributed by atoms with E-state index in [0.29, 0.717) is 11.8 Å². The zero-order valence-electron chi connectivity index (χ0n) is 14.8. The summed E-state index contributed by atoms with van der Waals surface area (Å²) in [6.45, 7) is 2.24. The molecule has 0 aromatic heterocycles. The van der Waals surface area contributed by atoms with E-state index in [-0.39, 0.29) is 6.10 Å². The molecule has 2 aromatic rings. The minimum Gasteiger partial charge on any atom is -0.393 e. The molecule has 1 heteroatoms. The molecule has 0 spiro atoms. The van der Waals surface area contributed by atoms with Crippen molar-refractivity contribution in [1.29, 1.82) is 0 Å². The van der Waals surface area contributed by atoms with Gasteiger partial charge in [-0.1, -0.05) is 80.8 Å². The molecular formula is C23H30O. The number of unbranched alkanes of at least 4 members (excludes halogenated alkanes) is 2. The van der Waals surface area contributed by atoms with Crippen LogP contribution in [0.3, 0.4) is 0 Å². The highest BCUT2D eigenvalue weighted by molar-refractivity contribution is 5.63. The van der Waals surface area contributed by atoms with E-state index >= 15 is 0 Å². The van der Waals surface area contributed by atoms with E-state index in [1.807, 2.05) is 0 Å². The second-order valence-corrected chi connectivity index (χ2v) is 7.32. The van der Waals surface area contributed by atoms with E-state index in [4.69, 9.17) is 0 Å². The van der Waals surface area contributed by atoms with Crippen LogP contribution in [-0.2, 0) is 0 Å². The topological polar surface area (TPSA) is 20.2 Å². The predicted molar refractivity (Wildman–Crippen MR) is 102 cm³/mol. The Morgan fingerprint density at radius 2 is 1.58 bits per heavy atom. The van der Waals surface area contributed by atoms with Crippen molar-refractivity contribution < 1.29 is 5.11 Å². The lowest BCUT2D eigenvalue weighted by atomic mass is 9.75. The Morgan fingerprint density at radius 1 is 0.875 bits per heavy atom. The summed E-state index contributed by atoms with van der Waals surface area (Å²) in [5.74, 6) is 1.05. The lowest BCUT2D eigenvalue weighted by Crippen LogP contribution is -2.28. The molecule has 0 radical (unpaired) electrons. The van der Waals surface area contributed by atoms with Crippen LogP contribution in [0.2, 0.25) is 0 Å². The number of rotatable bonds is 6. The van der Waals surface area contributed by atoms with Gasteiger partial charge in [0.05, 0.1) is 6.10 Å². The molecule has 1 aliphatic carbocycles. The van der Waals surface area contributed by atoms with Gasteiger partial charge in [0.2, 0.25) is 0 Å². The minimum atomic E-state index is -0.116. The second-order valence-electron chi connectivity index (χ2n) is 7.32. The number of aliphatic hydroxyl groups excluding tert-OH is 1. The molecular weight excluding hydrogens is 292 g/mol. The molecule has 1 saturated carbocycles. The number of aliphatic hydroxyl groups is 1. The standard InChI is InChI=1S/C23H30O/c1-2-3-5-10-21-15-16-22(17-23(21)24)20-13-11-19(12-14-20)18-8-6-4-7-9-18/h4,6-9,11-14,21-24H,2-3,5,10,15-17H2,1H3/t21-,22-,23+/m1/s1. The van der Waals surface area contributed by atoms with Crippen molar-refractivity contribution in [3.05, 3.63) is 60.2 Å². The summed E-state index contributed by atoms with van der Waals surface area (Å²) in [5.41, 5.74) is 3.93. The zero-order valence-corrected chi connectivity index (χ0v) is 14.8. The van der Waals surface area contributed by atoms with Crippen LogP contribution in [0.5, 0.6) is 0 Å². The van der Waals surface area contributed by atoms with E-state index in [1.165, 1.54) is 55.2 Å². The summed E-state index contributed by atoms with van der Waals surface area (Å²) in [7, 11) is 0.